The summed E-state index contributed by atoms with van der Waals surface area (Å²) in [6, 6.07) is 23.5. The van der Waals surface area contributed by atoms with Gasteiger partial charge in [0.25, 0.3) is 0 Å². The summed E-state index contributed by atoms with van der Waals surface area (Å²) >= 11 is 0. The van der Waals surface area contributed by atoms with Crippen LogP contribution in [0, 0.1) is 37.5 Å². The van der Waals surface area contributed by atoms with Crippen LogP contribution in [0.4, 0.5) is 5.69 Å². The standard InChI is InChI=1S/C33H29NO4/c1-4-38-33(37)23-6-5-7-24(18-23)34-31(35)29-25-16-17-26(30(29)32(34)36)28(25)27(21-12-8-19(2)9-13-21)22-14-10-20(3)11-15-22/h5-18,25-26,29-30H,4H2,1-3H3/t25-,26-,29-,30-/m0/s1. The van der Waals surface area contributed by atoms with E-state index in [2.05, 4.69) is 74.5 Å². The molecule has 38 heavy (non-hydrogen) atoms. The number of aryl methyl sites for hydroxylation is 2. The van der Waals surface area contributed by atoms with Crippen molar-refractivity contribution in [1.82, 2.24) is 0 Å². The number of ether oxygens (including phenoxy) is 1. The summed E-state index contributed by atoms with van der Waals surface area (Å²) < 4.78 is 5.11. The molecule has 6 rings (SSSR count). The Balaban J connectivity index is 1.43. The van der Waals surface area contributed by atoms with Crippen molar-refractivity contribution in [2.75, 3.05) is 11.5 Å². The third kappa shape index (κ3) is 3.73. The fourth-order valence-electron chi connectivity index (χ4n) is 6.28. The fraction of sp³-hybridized carbons (Fsp3) is 0.242. The lowest BCUT2D eigenvalue weighted by atomic mass is 9.85. The maximum absolute atomic E-state index is 13.9. The van der Waals surface area contributed by atoms with Gasteiger partial charge >= 0.3 is 5.97 Å². The molecule has 4 atom stereocenters. The van der Waals surface area contributed by atoms with E-state index in [0.29, 0.717) is 11.3 Å². The number of nitrogens with zero attached hydrogens (tertiary/aromatic N) is 1. The van der Waals surface area contributed by atoms with E-state index < -0.39 is 17.8 Å². The molecule has 5 nitrogen and oxygen atoms in total. The molecule has 0 aromatic heterocycles. The largest absolute Gasteiger partial charge is 0.462 e. The number of amides is 2. The van der Waals surface area contributed by atoms with Crippen LogP contribution in [0.5, 0.6) is 0 Å². The van der Waals surface area contributed by atoms with Gasteiger partial charge in [-0.2, -0.15) is 0 Å². The molecule has 5 heteroatoms. The van der Waals surface area contributed by atoms with Crippen LogP contribution >= 0.6 is 0 Å². The third-order valence-corrected chi connectivity index (χ3v) is 8.00. The van der Waals surface area contributed by atoms with Crippen molar-refractivity contribution in [2.45, 2.75) is 20.8 Å². The summed E-state index contributed by atoms with van der Waals surface area (Å²) in [7, 11) is 0. The lowest BCUT2D eigenvalue weighted by molar-refractivity contribution is -0.122. The zero-order chi connectivity index (χ0) is 26.6. The number of hydrogen-bond acceptors (Lipinski definition) is 4. The SMILES string of the molecule is CCOC(=O)c1cccc(N2C(=O)[C@@H]3[C@@H](C2=O)[C@H]2C=C[C@H]3C2=C(c2ccc(C)cc2)c2ccc(C)cc2)c1. The number of benzene rings is 3. The van der Waals surface area contributed by atoms with E-state index in [1.807, 2.05) is 0 Å². The van der Waals surface area contributed by atoms with Gasteiger partial charge in [-0.05, 0) is 61.2 Å². The van der Waals surface area contributed by atoms with E-state index in [0.717, 1.165) is 22.3 Å². The van der Waals surface area contributed by atoms with Gasteiger partial charge < -0.3 is 4.74 Å². The van der Waals surface area contributed by atoms with Crippen LogP contribution in [0.1, 0.15) is 39.5 Å². The van der Waals surface area contributed by atoms with Gasteiger partial charge in [0, 0.05) is 11.8 Å². The Hall–Kier alpha value is -4.25. The van der Waals surface area contributed by atoms with E-state index in [-0.39, 0.29) is 30.3 Å². The quantitative estimate of drug-likeness (QED) is 0.247. The minimum Gasteiger partial charge on any atom is -0.462 e. The topological polar surface area (TPSA) is 63.7 Å². The lowest BCUT2D eigenvalue weighted by Gasteiger charge is -2.22. The molecule has 2 aliphatic carbocycles. The molecule has 3 aliphatic rings. The number of fused-ring (bicyclic) bond motifs is 5. The molecule has 1 saturated heterocycles. The van der Waals surface area contributed by atoms with Crippen molar-refractivity contribution in [3.63, 3.8) is 0 Å². The number of rotatable bonds is 5. The highest BCUT2D eigenvalue weighted by Gasteiger charge is 2.62. The Morgan fingerprint density at radius 1 is 0.763 bits per heavy atom. The zero-order valence-corrected chi connectivity index (χ0v) is 21.7. The molecule has 1 aliphatic heterocycles. The summed E-state index contributed by atoms with van der Waals surface area (Å²) in [4.78, 5) is 41.3. The molecule has 3 aromatic rings. The van der Waals surface area contributed by atoms with Gasteiger partial charge in [0.1, 0.15) is 0 Å². The number of carbonyl (C=O) groups is 3. The van der Waals surface area contributed by atoms with Crippen molar-refractivity contribution in [1.29, 1.82) is 0 Å². The van der Waals surface area contributed by atoms with Crippen molar-refractivity contribution in [3.8, 4) is 0 Å². The van der Waals surface area contributed by atoms with Gasteiger partial charge in [-0.15, -0.1) is 0 Å². The van der Waals surface area contributed by atoms with Crippen LogP contribution in [-0.2, 0) is 14.3 Å². The molecule has 0 spiro atoms. The molecule has 0 radical (unpaired) electrons. The molecular weight excluding hydrogens is 474 g/mol. The van der Waals surface area contributed by atoms with Crippen molar-refractivity contribution in [2.24, 2.45) is 23.7 Å². The van der Waals surface area contributed by atoms with Gasteiger partial charge in [-0.1, -0.05) is 77.9 Å². The first kappa shape index (κ1) is 24.1. The van der Waals surface area contributed by atoms with Gasteiger partial charge in [0.05, 0.1) is 29.7 Å². The number of esters is 1. The predicted molar refractivity (Wildman–Crippen MR) is 146 cm³/mol. The Morgan fingerprint density at radius 2 is 1.29 bits per heavy atom. The van der Waals surface area contributed by atoms with Crippen LogP contribution < -0.4 is 4.90 Å². The van der Waals surface area contributed by atoms with E-state index in [1.165, 1.54) is 16.0 Å². The molecule has 1 saturated carbocycles. The fourth-order valence-corrected chi connectivity index (χ4v) is 6.28. The van der Waals surface area contributed by atoms with Crippen molar-refractivity contribution >= 4 is 29.0 Å². The third-order valence-electron chi connectivity index (χ3n) is 8.00. The van der Waals surface area contributed by atoms with Crippen LogP contribution in [0.3, 0.4) is 0 Å². The summed E-state index contributed by atoms with van der Waals surface area (Å²) in [6.45, 7) is 6.13. The molecule has 2 fully saturated rings. The van der Waals surface area contributed by atoms with Crippen LogP contribution in [-0.4, -0.2) is 24.4 Å². The molecule has 190 valence electrons. The van der Waals surface area contributed by atoms with Crippen molar-refractivity contribution in [3.05, 3.63) is 118 Å². The average Bonchev–Trinajstić information content (AvgIpc) is 3.55. The number of carbonyl (C=O) groups excluding carboxylic acids is 3. The highest BCUT2D eigenvalue weighted by molar-refractivity contribution is 6.23. The molecule has 0 unspecified atom stereocenters. The van der Waals surface area contributed by atoms with Gasteiger partial charge in [0.15, 0.2) is 0 Å². The van der Waals surface area contributed by atoms with Gasteiger partial charge in [-0.3, -0.25) is 9.59 Å². The van der Waals surface area contributed by atoms with Gasteiger partial charge in [-0.25, -0.2) is 9.69 Å². The lowest BCUT2D eigenvalue weighted by Crippen LogP contribution is -2.33. The van der Waals surface area contributed by atoms with Crippen molar-refractivity contribution < 1.29 is 19.1 Å². The summed E-state index contributed by atoms with van der Waals surface area (Å²) in [6.07, 6.45) is 4.21. The number of anilines is 1. The minimum absolute atomic E-state index is 0.155. The van der Waals surface area contributed by atoms with Crippen LogP contribution in [0.25, 0.3) is 5.57 Å². The smallest absolute Gasteiger partial charge is 0.338 e. The summed E-state index contributed by atoms with van der Waals surface area (Å²) in [5.74, 6) is -2.10. The Morgan fingerprint density at radius 3 is 1.79 bits per heavy atom. The predicted octanol–water partition coefficient (Wildman–Crippen LogP) is 5.90. The number of imide groups is 1. The Bertz CT molecular complexity index is 1430. The Labute approximate surface area is 222 Å². The molecule has 2 bridgehead atoms. The first-order chi connectivity index (χ1) is 18.4. The highest BCUT2D eigenvalue weighted by atomic mass is 16.5. The van der Waals surface area contributed by atoms with Gasteiger partial charge in [0.2, 0.25) is 11.8 Å². The highest BCUT2D eigenvalue weighted by Crippen LogP contribution is 2.58. The maximum atomic E-state index is 13.9. The van der Waals surface area contributed by atoms with E-state index in [4.69, 9.17) is 4.74 Å². The first-order valence-electron chi connectivity index (χ1n) is 13.1. The summed E-state index contributed by atoms with van der Waals surface area (Å²) in [5, 5.41) is 0. The number of allylic oxidation sites excluding steroid dienone is 3. The molecular formula is C33H29NO4. The normalized spacial score (nSPS) is 23.2. The van der Waals surface area contributed by atoms with E-state index >= 15 is 0 Å². The maximum Gasteiger partial charge on any atom is 0.338 e. The second-order valence-electron chi connectivity index (χ2n) is 10.3. The van der Waals surface area contributed by atoms with E-state index in [9.17, 15) is 14.4 Å². The minimum atomic E-state index is -0.471. The van der Waals surface area contributed by atoms with Crippen LogP contribution in [0.2, 0.25) is 0 Å². The van der Waals surface area contributed by atoms with Crippen LogP contribution in [0.15, 0.2) is 90.5 Å². The zero-order valence-electron chi connectivity index (χ0n) is 21.7. The summed E-state index contributed by atoms with van der Waals surface area (Å²) in [5.41, 5.74) is 7.53. The molecule has 2 amide bonds. The first-order valence-corrected chi connectivity index (χ1v) is 13.1. The monoisotopic (exact) mass is 503 g/mol. The molecule has 0 N–H and O–H groups in total. The Kier molecular flexibility index (Phi) is 5.87. The molecule has 3 aromatic carbocycles. The second kappa shape index (κ2) is 9.25. The number of hydrogen-bond donors (Lipinski definition) is 0. The average molecular weight is 504 g/mol. The molecule has 1 heterocycles. The van der Waals surface area contributed by atoms with E-state index in [1.54, 1.807) is 31.2 Å². The second-order valence-corrected chi connectivity index (χ2v) is 10.3.